The Morgan fingerprint density at radius 1 is 1.03 bits per heavy atom. The molecule has 160 valence electrons. The van der Waals surface area contributed by atoms with Crippen LogP contribution in [0.2, 0.25) is 5.02 Å². The fourth-order valence-electron chi connectivity index (χ4n) is 4.08. The summed E-state index contributed by atoms with van der Waals surface area (Å²) in [7, 11) is 0. The van der Waals surface area contributed by atoms with Crippen LogP contribution in [0.15, 0.2) is 66.7 Å². The quantitative estimate of drug-likeness (QED) is 0.364. The van der Waals surface area contributed by atoms with Crippen LogP contribution in [0.5, 0.6) is 0 Å². The number of hydrogen-bond acceptors (Lipinski definition) is 3. The van der Waals surface area contributed by atoms with Gasteiger partial charge < -0.3 is 15.2 Å². The predicted octanol–water partition coefficient (Wildman–Crippen LogP) is 6.33. The molecule has 0 saturated heterocycles. The number of nitrogens with one attached hydrogen (secondary N) is 1. The molecule has 0 spiro atoms. The van der Waals surface area contributed by atoms with E-state index in [9.17, 15) is 14.3 Å². The molecule has 0 radical (unpaired) electrons. The summed E-state index contributed by atoms with van der Waals surface area (Å²) in [6.07, 6.45) is 2.96. The van der Waals surface area contributed by atoms with Crippen LogP contribution in [-0.4, -0.2) is 24.2 Å². The van der Waals surface area contributed by atoms with Gasteiger partial charge in [-0.2, -0.15) is 0 Å². The summed E-state index contributed by atoms with van der Waals surface area (Å²) in [6.45, 7) is 1.34. The molecule has 3 aromatic rings. The zero-order valence-corrected chi connectivity index (χ0v) is 17.7. The van der Waals surface area contributed by atoms with Crippen molar-refractivity contribution in [1.82, 2.24) is 0 Å². The Balaban J connectivity index is 1.57. The molecular weight excluding hydrogens is 429 g/mol. The van der Waals surface area contributed by atoms with Crippen LogP contribution >= 0.6 is 11.6 Å². The number of hydrogen-bond donors (Lipinski definition) is 2. The Morgan fingerprint density at radius 2 is 1.81 bits per heavy atom. The van der Waals surface area contributed by atoms with Crippen LogP contribution in [0.25, 0.3) is 28.0 Å². The van der Waals surface area contributed by atoms with E-state index >= 15 is 0 Å². The van der Waals surface area contributed by atoms with Gasteiger partial charge >= 0.3 is 0 Å². The maximum absolute atomic E-state index is 13.7. The maximum atomic E-state index is 13.7. The van der Waals surface area contributed by atoms with E-state index in [2.05, 4.69) is 11.4 Å². The average Bonchev–Trinajstić information content (AvgIpc) is 3.13. The van der Waals surface area contributed by atoms with E-state index in [4.69, 9.17) is 16.3 Å². The number of halogens is 2. The minimum absolute atomic E-state index is 0.0903. The highest BCUT2D eigenvalue weighted by molar-refractivity contribution is 6.38. The minimum Gasteiger partial charge on any atom is -0.506 e. The van der Waals surface area contributed by atoms with Gasteiger partial charge in [-0.15, -0.1) is 0 Å². The zero-order valence-electron chi connectivity index (χ0n) is 17.0. The summed E-state index contributed by atoms with van der Waals surface area (Å²) < 4.78 is 19.0. The largest absolute Gasteiger partial charge is 0.506 e. The number of ether oxygens (including phenoxy) is 1. The topological polar surface area (TPSA) is 58.6 Å². The molecule has 6 heteroatoms. The van der Waals surface area contributed by atoms with E-state index in [-0.39, 0.29) is 16.9 Å². The number of benzene rings is 3. The van der Waals surface area contributed by atoms with E-state index in [1.165, 1.54) is 23.8 Å². The molecule has 2 N–H and O–H groups in total. The first kappa shape index (κ1) is 20.5. The standard InChI is InChI=1S/C26H19ClFNO3/c27-22-14-23-21(24(26(31)29-23)25(30)18-2-1-3-19(28)12-18)13-20(22)17-6-4-15(5-7-17)16-8-10-32-11-9-16/h1-8,12-14,30H,9-11H2,(H,29,31)/b25-24-. The molecule has 5 rings (SSSR count). The van der Waals surface area contributed by atoms with Gasteiger partial charge in [0.05, 0.1) is 29.5 Å². The number of aliphatic hydroxyl groups is 1. The van der Waals surface area contributed by atoms with Crippen molar-refractivity contribution in [3.05, 3.63) is 94.3 Å². The monoisotopic (exact) mass is 447 g/mol. The molecule has 3 aromatic carbocycles. The molecule has 2 aliphatic heterocycles. The summed E-state index contributed by atoms with van der Waals surface area (Å²) in [5.74, 6) is -1.24. The van der Waals surface area contributed by atoms with Crippen LogP contribution in [0.3, 0.4) is 0 Å². The van der Waals surface area contributed by atoms with Crippen molar-refractivity contribution in [3.8, 4) is 11.1 Å². The van der Waals surface area contributed by atoms with Gasteiger partial charge in [0.1, 0.15) is 11.6 Å². The molecule has 0 bridgehead atoms. The van der Waals surface area contributed by atoms with E-state index in [1.54, 1.807) is 18.2 Å². The first-order valence-corrected chi connectivity index (χ1v) is 10.6. The van der Waals surface area contributed by atoms with Crippen molar-refractivity contribution in [2.75, 3.05) is 18.5 Å². The van der Waals surface area contributed by atoms with Crippen molar-refractivity contribution in [2.24, 2.45) is 0 Å². The minimum atomic E-state index is -0.496. The summed E-state index contributed by atoms with van der Waals surface area (Å²) >= 11 is 6.54. The lowest BCUT2D eigenvalue weighted by molar-refractivity contribution is -0.110. The number of anilines is 1. The van der Waals surface area contributed by atoms with Gasteiger partial charge in [-0.1, -0.05) is 54.1 Å². The third kappa shape index (κ3) is 3.70. The molecule has 0 fully saturated rings. The molecule has 0 unspecified atom stereocenters. The van der Waals surface area contributed by atoms with Gasteiger partial charge in [-0.25, -0.2) is 4.39 Å². The van der Waals surface area contributed by atoms with Gasteiger partial charge in [0.15, 0.2) is 0 Å². The Morgan fingerprint density at radius 3 is 2.53 bits per heavy atom. The number of carbonyl (C=O) groups is 1. The SMILES string of the molecule is O=C1Nc2cc(Cl)c(-c3ccc(C4=CCOCC4)cc3)cc2/C1=C(/O)c1cccc(F)c1. The highest BCUT2D eigenvalue weighted by Crippen LogP contribution is 2.42. The van der Waals surface area contributed by atoms with E-state index < -0.39 is 11.7 Å². The molecular formula is C26H19ClFNO3. The van der Waals surface area contributed by atoms with Crippen LogP contribution in [-0.2, 0) is 9.53 Å². The fraction of sp³-hybridized carbons (Fsp3) is 0.115. The van der Waals surface area contributed by atoms with Crippen molar-refractivity contribution >= 4 is 40.1 Å². The van der Waals surface area contributed by atoms with Crippen molar-refractivity contribution in [2.45, 2.75) is 6.42 Å². The number of aliphatic hydroxyl groups excluding tert-OH is 1. The average molecular weight is 448 g/mol. The molecule has 0 aromatic heterocycles. The third-order valence-electron chi connectivity index (χ3n) is 5.72. The first-order valence-electron chi connectivity index (χ1n) is 10.2. The van der Waals surface area contributed by atoms with Crippen molar-refractivity contribution < 1.29 is 19.0 Å². The van der Waals surface area contributed by atoms with Gasteiger partial charge in [0.25, 0.3) is 5.91 Å². The lowest BCUT2D eigenvalue weighted by Crippen LogP contribution is -2.05. The lowest BCUT2D eigenvalue weighted by atomic mass is 9.95. The molecule has 2 heterocycles. The molecule has 32 heavy (non-hydrogen) atoms. The maximum Gasteiger partial charge on any atom is 0.260 e. The first-order chi connectivity index (χ1) is 15.5. The van der Waals surface area contributed by atoms with E-state index in [0.717, 1.165) is 29.7 Å². The molecule has 0 aliphatic carbocycles. The highest BCUT2D eigenvalue weighted by Gasteiger charge is 2.30. The molecule has 0 atom stereocenters. The Hall–Kier alpha value is -3.41. The zero-order chi connectivity index (χ0) is 22.2. The molecule has 0 saturated carbocycles. The third-order valence-corrected chi connectivity index (χ3v) is 6.03. The molecule has 2 aliphatic rings. The van der Waals surface area contributed by atoms with Gasteiger partial charge in [-0.05, 0) is 47.4 Å². The Bertz CT molecular complexity index is 1290. The van der Waals surface area contributed by atoms with Gasteiger partial charge in [0, 0.05) is 16.7 Å². The van der Waals surface area contributed by atoms with Gasteiger partial charge in [0.2, 0.25) is 0 Å². The van der Waals surface area contributed by atoms with Crippen LogP contribution in [0, 0.1) is 5.82 Å². The summed E-state index contributed by atoms with van der Waals surface area (Å²) in [6, 6.07) is 17.0. The second kappa shape index (κ2) is 8.26. The number of carbonyl (C=O) groups excluding carboxylic acids is 1. The summed E-state index contributed by atoms with van der Waals surface area (Å²) in [5, 5.41) is 14.0. The van der Waals surface area contributed by atoms with Crippen molar-refractivity contribution in [3.63, 3.8) is 0 Å². The van der Waals surface area contributed by atoms with Crippen LogP contribution < -0.4 is 5.32 Å². The Labute approximate surface area is 189 Å². The summed E-state index contributed by atoms with van der Waals surface area (Å²) in [4.78, 5) is 12.6. The van der Waals surface area contributed by atoms with E-state index in [0.29, 0.717) is 22.9 Å². The smallest absolute Gasteiger partial charge is 0.260 e. The lowest BCUT2D eigenvalue weighted by Gasteiger charge is -2.14. The van der Waals surface area contributed by atoms with Gasteiger partial charge in [-0.3, -0.25) is 4.79 Å². The number of amides is 1. The van der Waals surface area contributed by atoms with Crippen LogP contribution in [0.1, 0.15) is 23.1 Å². The van der Waals surface area contributed by atoms with E-state index in [1.807, 2.05) is 24.3 Å². The highest BCUT2D eigenvalue weighted by atomic mass is 35.5. The van der Waals surface area contributed by atoms with Crippen molar-refractivity contribution in [1.29, 1.82) is 0 Å². The van der Waals surface area contributed by atoms with Crippen LogP contribution in [0.4, 0.5) is 10.1 Å². The molecule has 1 amide bonds. The number of rotatable bonds is 3. The fourth-order valence-corrected chi connectivity index (χ4v) is 4.35. The Kier molecular flexibility index (Phi) is 5.29. The molecule has 4 nitrogen and oxygen atoms in total. The normalized spacial score (nSPS) is 16.9. The second-order valence-electron chi connectivity index (χ2n) is 7.70. The summed E-state index contributed by atoms with van der Waals surface area (Å²) in [5.41, 5.74) is 5.36. The second-order valence-corrected chi connectivity index (χ2v) is 8.10. The number of fused-ring (bicyclic) bond motifs is 1. The predicted molar refractivity (Wildman–Crippen MR) is 125 cm³/mol.